The lowest BCUT2D eigenvalue weighted by Gasteiger charge is -2.36. The van der Waals surface area contributed by atoms with Crippen molar-refractivity contribution < 1.29 is 42.6 Å². The number of rotatable bonds is 25. The third kappa shape index (κ3) is 14.0. The summed E-state index contributed by atoms with van der Waals surface area (Å²) in [5, 5.41) is 16.5. The molecular weight excluding hydrogens is 914 g/mol. The van der Waals surface area contributed by atoms with Crippen LogP contribution in [-0.4, -0.2) is 159 Å². The highest BCUT2D eigenvalue weighted by Crippen LogP contribution is 2.33. The number of aromatic nitrogens is 2. The van der Waals surface area contributed by atoms with Gasteiger partial charge in [-0.2, -0.15) is 5.10 Å². The van der Waals surface area contributed by atoms with Crippen molar-refractivity contribution in [3.63, 3.8) is 0 Å². The molecule has 0 spiro atoms. The Balaban J connectivity index is 0.706. The first-order valence-electron chi connectivity index (χ1n) is 24.1. The number of ether oxygens (including phenoxy) is 3. The molecule has 0 radical (unpaired) electrons. The van der Waals surface area contributed by atoms with Crippen molar-refractivity contribution in [2.45, 2.75) is 57.5 Å². The first kappa shape index (κ1) is 51.7. The first-order valence-corrected chi connectivity index (χ1v) is 24.1. The number of hydrogen-bond acceptors (Lipinski definition) is 15. The molecule has 5 amide bonds. The normalized spacial score (nSPS) is 16.7. The fourth-order valence-corrected chi connectivity index (χ4v) is 8.59. The molecule has 3 N–H and O–H groups in total. The van der Waals surface area contributed by atoms with Crippen molar-refractivity contribution in [2.75, 3.05) is 96.1 Å². The van der Waals surface area contributed by atoms with Crippen LogP contribution in [0.3, 0.4) is 0 Å². The van der Waals surface area contributed by atoms with E-state index in [0.717, 1.165) is 53.6 Å². The van der Waals surface area contributed by atoms with Gasteiger partial charge < -0.3 is 34.6 Å². The fraction of sp³-hybridized carbons (Fsp3) is 0.431. The minimum atomic E-state index is -1.10. The number of likely N-dealkylation sites (N-methyl/N-ethyl adjacent to an activating group) is 1. The number of hydrogen-bond donors (Lipinski definition) is 3. The number of amides is 5. The number of anilines is 2. The summed E-state index contributed by atoms with van der Waals surface area (Å²) >= 11 is 0. The quantitative estimate of drug-likeness (QED) is 0.0270. The summed E-state index contributed by atoms with van der Waals surface area (Å²) in [6, 6.07) is 18.1. The maximum Gasteiger partial charge on any atom is 0.262 e. The number of halogens is 1. The summed E-state index contributed by atoms with van der Waals surface area (Å²) < 4.78 is 33.0. The van der Waals surface area contributed by atoms with Crippen molar-refractivity contribution in [1.29, 1.82) is 0 Å². The molecule has 7 rings (SSSR count). The van der Waals surface area contributed by atoms with Gasteiger partial charge in [-0.25, -0.2) is 14.4 Å². The number of benzene rings is 3. The van der Waals surface area contributed by atoms with Gasteiger partial charge in [0.2, 0.25) is 11.8 Å². The molecule has 2 fully saturated rings. The molecule has 20 heteroatoms. The Hall–Kier alpha value is -7.16. The summed E-state index contributed by atoms with van der Waals surface area (Å²) in [6.07, 6.45) is 7.03. The molecule has 2 atom stereocenters. The van der Waals surface area contributed by atoms with Crippen LogP contribution in [0.4, 0.5) is 15.8 Å². The number of amidine groups is 1. The molecule has 376 valence electrons. The van der Waals surface area contributed by atoms with Gasteiger partial charge in [0, 0.05) is 90.1 Å². The number of imide groups is 2. The Labute approximate surface area is 412 Å². The Bertz CT molecular complexity index is 2540. The van der Waals surface area contributed by atoms with Gasteiger partial charge in [-0.15, -0.1) is 5.10 Å². The molecule has 19 nitrogen and oxygen atoms in total. The predicted octanol–water partition coefficient (Wildman–Crippen LogP) is 4.71. The molecule has 3 aromatic carbocycles. The Kier molecular flexibility index (Phi) is 18.7. The zero-order valence-corrected chi connectivity index (χ0v) is 40.3. The third-order valence-electron chi connectivity index (χ3n) is 12.5. The lowest BCUT2D eigenvalue weighted by molar-refractivity contribution is -0.136. The molecule has 3 aliphatic rings. The number of piperidine rings is 1. The number of nitrogens with one attached hydrogen (secondary N) is 3. The van der Waals surface area contributed by atoms with E-state index in [1.165, 1.54) is 12.4 Å². The van der Waals surface area contributed by atoms with E-state index in [2.05, 4.69) is 47.7 Å². The zero-order valence-electron chi connectivity index (χ0n) is 40.3. The number of nitrogens with zero attached hydrogens (tertiary/aromatic N) is 8. The molecule has 0 bridgehead atoms. The van der Waals surface area contributed by atoms with E-state index in [1.807, 2.05) is 66.2 Å². The van der Waals surface area contributed by atoms with Crippen molar-refractivity contribution in [2.24, 2.45) is 10.2 Å². The van der Waals surface area contributed by atoms with Crippen LogP contribution in [0.15, 0.2) is 89.5 Å². The second-order valence-corrected chi connectivity index (χ2v) is 17.5. The average molecular weight is 976 g/mol. The standard InChI is InChI=1S/C51H62FN11O8/c1-35(57-48(65)37-11-8-12-38(30-37)55-18-19-60(3)47(59-53-2)43-16-17-54-34-56-43)36-10-9-13-39(31-36)71-26-7-5-4-6-25-69-28-29-70-27-24-61-20-22-62(23-21-61)45-33-41-40(32-42(45)52)50(67)63(51(41)68)44-14-15-46(64)58-49(44)66/h8-13,16-17,30-35,44,55H,2,4-7,14-15,18-29H2,1,3H3,(H,57,65)(H,58,64,66)/b59-47-. The van der Waals surface area contributed by atoms with Gasteiger partial charge in [-0.3, -0.25) is 39.1 Å². The van der Waals surface area contributed by atoms with Gasteiger partial charge in [0.05, 0.1) is 49.3 Å². The minimum absolute atomic E-state index is 0.0119. The molecular formula is C51H62FN11O8. The van der Waals surface area contributed by atoms with E-state index in [-0.39, 0.29) is 41.6 Å². The number of unbranched alkanes of at least 4 members (excludes halogenated alkanes) is 3. The fourth-order valence-electron chi connectivity index (χ4n) is 8.59. The summed E-state index contributed by atoms with van der Waals surface area (Å²) in [4.78, 5) is 78.6. The van der Waals surface area contributed by atoms with Crippen molar-refractivity contribution in [1.82, 2.24) is 35.3 Å². The van der Waals surface area contributed by atoms with Crippen molar-refractivity contribution in [3.05, 3.63) is 113 Å². The van der Waals surface area contributed by atoms with Crippen LogP contribution in [0, 0.1) is 5.82 Å². The smallest absolute Gasteiger partial charge is 0.262 e. The topological polar surface area (TPSA) is 213 Å². The average Bonchev–Trinajstić information content (AvgIpc) is 3.61. The highest BCUT2D eigenvalue weighted by molar-refractivity contribution is 6.23. The highest BCUT2D eigenvalue weighted by atomic mass is 19.1. The molecule has 4 aromatic rings. The van der Waals surface area contributed by atoms with Gasteiger partial charge in [0.1, 0.15) is 29.6 Å². The van der Waals surface area contributed by atoms with Crippen LogP contribution in [0.5, 0.6) is 5.75 Å². The van der Waals surface area contributed by atoms with Crippen LogP contribution in [-0.2, 0) is 19.1 Å². The van der Waals surface area contributed by atoms with Crippen LogP contribution < -0.4 is 25.6 Å². The third-order valence-corrected chi connectivity index (χ3v) is 12.5. The minimum Gasteiger partial charge on any atom is -0.494 e. The van der Waals surface area contributed by atoms with Crippen molar-refractivity contribution >= 4 is 53.5 Å². The lowest BCUT2D eigenvalue weighted by atomic mass is 10.0. The molecule has 71 heavy (non-hydrogen) atoms. The van der Waals surface area contributed by atoms with E-state index >= 15 is 4.39 Å². The summed E-state index contributed by atoms with van der Waals surface area (Å²) in [7, 11) is 1.89. The lowest BCUT2D eigenvalue weighted by Crippen LogP contribution is -2.54. The molecule has 0 saturated carbocycles. The monoisotopic (exact) mass is 975 g/mol. The molecule has 3 aliphatic heterocycles. The van der Waals surface area contributed by atoms with Crippen molar-refractivity contribution in [3.8, 4) is 5.75 Å². The number of fused-ring (bicyclic) bond motifs is 1. The molecule has 2 saturated heterocycles. The number of piperazine rings is 1. The molecule has 0 aliphatic carbocycles. The van der Waals surface area contributed by atoms with E-state index in [4.69, 9.17) is 14.2 Å². The zero-order chi connectivity index (χ0) is 50.1. The second-order valence-electron chi connectivity index (χ2n) is 17.5. The van der Waals surface area contributed by atoms with Gasteiger partial charge >= 0.3 is 0 Å². The maximum atomic E-state index is 15.3. The molecule has 4 heterocycles. The number of carbonyl (C=O) groups excluding carboxylic acids is 5. The Morgan fingerprint density at radius 1 is 0.915 bits per heavy atom. The molecule has 2 unspecified atom stereocenters. The highest BCUT2D eigenvalue weighted by Gasteiger charge is 2.45. The maximum absolute atomic E-state index is 15.3. The summed E-state index contributed by atoms with van der Waals surface area (Å²) in [5.41, 5.74) is 3.17. The van der Waals surface area contributed by atoms with E-state index < -0.39 is 35.5 Å². The Morgan fingerprint density at radius 3 is 2.41 bits per heavy atom. The Morgan fingerprint density at radius 2 is 1.66 bits per heavy atom. The predicted molar refractivity (Wildman–Crippen MR) is 265 cm³/mol. The second kappa shape index (κ2) is 25.6. The summed E-state index contributed by atoms with van der Waals surface area (Å²) in [5.74, 6) is -2.01. The SMILES string of the molecule is C=N/N=C(/c1ccncn1)N(C)CCNc1cccc(C(=O)NC(C)c2cccc(OCCCCCCOCCOCCN3CCN(c4cc5c(cc4F)C(=O)N(C4CCC(=O)NC4=O)C5=O)CC3)c2)c1. The molecule has 1 aromatic heterocycles. The largest absolute Gasteiger partial charge is 0.494 e. The summed E-state index contributed by atoms with van der Waals surface area (Å²) in [6.45, 7) is 12.5. The van der Waals surface area contributed by atoms with Crippen LogP contribution >= 0.6 is 0 Å². The van der Waals surface area contributed by atoms with Crippen LogP contribution in [0.2, 0.25) is 0 Å². The van der Waals surface area contributed by atoms with Gasteiger partial charge in [0.25, 0.3) is 17.7 Å². The van der Waals surface area contributed by atoms with Gasteiger partial charge in [0.15, 0.2) is 5.84 Å². The van der Waals surface area contributed by atoms with E-state index in [1.54, 1.807) is 18.3 Å². The van der Waals surface area contributed by atoms with Crippen LogP contribution in [0.25, 0.3) is 0 Å². The van der Waals surface area contributed by atoms with Gasteiger partial charge in [-0.05, 0) is 86.7 Å². The van der Waals surface area contributed by atoms with Gasteiger partial charge in [-0.1, -0.05) is 24.6 Å². The number of carbonyl (C=O) groups is 5. The van der Waals surface area contributed by atoms with Crippen LogP contribution in [0.1, 0.15) is 93.8 Å². The first-order chi connectivity index (χ1) is 34.5. The van der Waals surface area contributed by atoms with E-state index in [9.17, 15) is 24.0 Å². The van der Waals surface area contributed by atoms with E-state index in [0.29, 0.717) is 95.9 Å².